The number of imide groups is 1. The lowest BCUT2D eigenvalue weighted by Gasteiger charge is -2.17. The topological polar surface area (TPSA) is 46.2 Å². The molecule has 1 N–H and O–H groups in total. The molecule has 3 nitrogen and oxygen atoms in total. The van der Waals surface area contributed by atoms with E-state index in [1.165, 1.54) is 0 Å². The van der Waals surface area contributed by atoms with Crippen molar-refractivity contribution in [2.45, 2.75) is 24.3 Å². The molecule has 0 fully saturated rings. The summed E-state index contributed by atoms with van der Waals surface area (Å²) in [7, 11) is 0. The van der Waals surface area contributed by atoms with Crippen molar-refractivity contribution >= 4 is 37.1 Å². The zero-order valence-corrected chi connectivity index (χ0v) is 9.21. The molecule has 1 aliphatic heterocycles. The molecule has 0 aromatic carbocycles. The summed E-state index contributed by atoms with van der Waals surface area (Å²) in [4.78, 5) is 22.5. The molecule has 72 valence electrons. The summed E-state index contributed by atoms with van der Waals surface area (Å²) in [6.07, 6.45) is 0.517. The first-order valence-electron chi connectivity index (χ1n) is 3.92. The standard InChI is InChI=1S/C8H11NO2S2/c1-3-4-5(8(2,12)13)7(11)9-6(4)10/h12-13H,3H2,1-2H3,(H,9,10,11). The fourth-order valence-electron chi connectivity index (χ4n) is 1.33. The zero-order valence-electron chi connectivity index (χ0n) is 7.42. The number of carbonyl (C=O) groups excluding carboxylic acids is 2. The molecule has 0 saturated heterocycles. The molecule has 0 aromatic rings. The van der Waals surface area contributed by atoms with E-state index in [9.17, 15) is 9.59 Å². The van der Waals surface area contributed by atoms with Crippen molar-refractivity contribution in [3.63, 3.8) is 0 Å². The number of carbonyl (C=O) groups is 2. The Bertz CT molecular complexity index is 302. The monoisotopic (exact) mass is 217 g/mol. The number of nitrogens with one attached hydrogen (secondary N) is 1. The van der Waals surface area contributed by atoms with E-state index in [-0.39, 0.29) is 11.8 Å². The Kier molecular flexibility index (Phi) is 2.77. The van der Waals surface area contributed by atoms with E-state index in [2.05, 4.69) is 30.6 Å². The Labute approximate surface area is 87.8 Å². The van der Waals surface area contributed by atoms with Gasteiger partial charge >= 0.3 is 0 Å². The van der Waals surface area contributed by atoms with Gasteiger partial charge in [-0.15, -0.1) is 0 Å². The van der Waals surface area contributed by atoms with Gasteiger partial charge in [0.15, 0.2) is 0 Å². The largest absolute Gasteiger partial charge is 0.289 e. The molecule has 0 radical (unpaired) electrons. The second-order valence-electron chi connectivity index (χ2n) is 3.01. The van der Waals surface area contributed by atoms with E-state index < -0.39 is 4.08 Å². The van der Waals surface area contributed by atoms with Crippen molar-refractivity contribution in [1.29, 1.82) is 0 Å². The lowest BCUT2D eigenvalue weighted by molar-refractivity contribution is -0.124. The quantitative estimate of drug-likeness (QED) is 0.366. The molecule has 0 aliphatic carbocycles. The summed E-state index contributed by atoms with van der Waals surface area (Å²) in [5.74, 6) is -0.703. The van der Waals surface area contributed by atoms with Crippen LogP contribution in [0.1, 0.15) is 20.3 Å². The minimum Gasteiger partial charge on any atom is -0.289 e. The maximum absolute atomic E-state index is 11.3. The van der Waals surface area contributed by atoms with Gasteiger partial charge in [0, 0.05) is 5.57 Å². The molecule has 0 spiro atoms. The molecule has 1 aliphatic rings. The van der Waals surface area contributed by atoms with Crippen molar-refractivity contribution in [1.82, 2.24) is 5.32 Å². The molecule has 0 unspecified atom stereocenters. The molecule has 1 heterocycles. The Balaban J connectivity index is 3.22. The van der Waals surface area contributed by atoms with E-state index in [1.54, 1.807) is 6.92 Å². The van der Waals surface area contributed by atoms with E-state index in [4.69, 9.17) is 0 Å². The summed E-state index contributed by atoms with van der Waals surface area (Å²) in [5.41, 5.74) is 0.851. The van der Waals surface area contributed by atoms with Gasteiger partial charge < -0.3 is 0 Å². The molecule has 0 saturated carbocycles. The molecule has 2 amide bonds. The van der Waals surface area contributed by atoms with E-state index in [0.717, 1.165) is 0 Å². The minimum atomic E-state index is -0.860. The Morgan fingerprint density at radius 3 is 2.15 bits per heavy atom. The fourth-order valence-corrected chi connectivity index (χ4v) is 1.80. The third-order valence-electron chi connectivity index (χ3n) is 1.86. The van der Waals surface area contributed by atoms with Crippen molar-refractivity contribution in [3.05, 3.63) is 11.1 Å². The average molecular weight is 217 g/mol. The van der Waals surface area contributed by atoms with Crippen LogP contribution in [0.3, 0.4) is 0 Å². The van der Waals surface area contributed by atoms with Gasteiger partial charge in [-0.2, -0.15) is 25.3 Å². The van der Waals surface area contributed by atoms with Crippen molar-refractivity contribution in [3.8, 4) is 0 Å². The maximum Gasteiger partial charge on any atom is 0.256 e. The first-order chi connectivity index (χ1) is 5.88. The molecular weight excluding hydrogens is 206 g/mol. The molecule has 0 aromatic heterocycles. The summed E-state index contributed by atoms with van der Waals surface area (Å²) in [6.45, 7) is 3.49. The second kappa shape index (κ2) is 3.38. The lowest BCUT2D eigenvalue weighted by Crippen LogP contribution is -2.26. The van der Waals surface area contributed by atoms with E-state index >= 15 is 0 Å². The van der Waals surface area contributed by atoms with Gasteiger partial charge in [-0.3, -0.25) is 14.9 Å². The van der Waals surface area contributed by atoms with Crippen molar-refractivity contribution < 1.29 is 9.59 Å². The number of hydrogen-bond donors (Lipinski definition) is 3. The number of rotatable bonds is 2. The van der Waals surface area contributed by atoms with Crippen LogP contribution in [0.5, 0.6) is 0 Å². The number of hydrogen-bond acceptors (Lipinski definition) is 4. The number of thiol groups is 2. The number of amides is 2. The van der Waals surface area contributed by atoms with Crippen LogP contribution in [0.2, 0.25) is 0 Å². The van der Waals surface area contributed by atoms with Crippen LogP contribution in [-0.4, -0.2) is 15.9 Å². The lowest BCUT2D eigenvalue weighted by atomic mass is 10.1. The zero-order chi connectivity index (χ0) is 10.2. The highest BCUT2D eigenvalue weighted by atomic mass is 32.2. The smallest absolute Gasteiger partial charge is 0.256 e. The maximum atomic E-state index is 11.3. The van der Waals surface area contributed by atoms with Gasteiger partial charge in [-0.1, -0.05) is 6.92 Å². The fraction of sp³-hybridized carbons (Fsp3) is 0.500. The predicted octanol–water partition coefficient (Wildman–Crippen LogP) is 0.925. The van der Waals surface area contributed by atoms with Gasteiger partial charge in [-0.25, -0.2) is 0 Å². The van der Waals surface area contributed by atoms with Crippen LogP contribution in [0.25, 0.3) is 0 Å². The van der Waals surface area contributed by atoms with E-state index in [0.29, 0.717) is 17.6 Å². The van der Waals surface area contributed by atoms with Gasteiger partial charge in [0.1, 0.15) is 0 Å². The Hall–Kier alpha value is -0.420. The van der Waals surface area contributed by atoms with Crippen LogP contribution >= 0.6 is 25.3 Å². The highest BCUT2D eigenvalue weighted by Crippen LogP contribution is 2.34. The molecule has 0 bridgehead atoms. The normalized spacial score (nSPS) is 18.2. The average Bonchev–Trinajstić information content (AvgIpc) is 2.23. The van der Waals surface area contributed by atoms with Gasteiger partial charge in [0.2, 0.25) is 0 Å². The van der Waals surface area contributed by atoms with Crippen molar-refractivity contribution in [2.24, 2.45) is 0 Å². The molecular formula is C8H11NO2S2. The van der Waals surface area contributed by atoms with Crippen LogP contribution in [0.4, 0.5) is 0 Å². The van der Waals surface area contributed by atoms with Gasteiger partial charge in [0.25, 0.3) is 11.8 Å². The summed E-state index contributed by atoms with van der Waals surface area (Å²) in [6, 6.07) is 0. The van der Waals surface area contributed by atoms with Crippen LogP contribution in [-0.2, 0) is 9.59 Å². The Morgan fingerprint density at radius 1 is 1.31 bits per heavy atom. The van der Waals surface area contributed by atoms with Gasteiger partial charge in [0.05, 0.1) is 9.65 Å². The molecule has 5 heteroatoms. The summed E-state index contributed by atoms with van der Waals surface area (Å²) in [5, 5.41) is 2.22. The SMILES string of the molecule is CCC1=C(C(C)(S)S)C(=O)NC1=O. The minimum absolute atomic E-state index is 0.322. The second-order valence-corrected chi connectivity index (χ2v) is 5.15. The first-order valence-corrected chi connectivity index (χ1v) is 4.81. The summed E-state index contributed by atoms with van der Waals surface area (Å²) >= 11 is 8.31. The highest BCUT2D eigenvalue weighted by Gasteiger charge is 2.37. The van der Waals surface area contributed by atoms with Crippen LogP contribution in [0, 0.1) is 0 Å². The van der Waals surface area contributed by atoms with Crippen molar-refractivity contribution in [2.75, 3.05) is 0 Å². The van der Waals surface area contributed by atoms with Crippen LogP contribution in [0.15, 0.2) is 11.1 Å². The van der Waals surface area contributed by atoms with Gasteiger partial charge in [-0.05, 0) is 13.3 Å². The predicted molar refractivity (Wildman–Crippen MR) is 56.8 cm³/mol. The molecule has 1 rings (SSSR count). The third kappa shape index (κ3) is 1.91. The first kappa shape index (κ1) is 10.7. The summed E-state index contributed by atoms with van der Waals surface area (Å²) < 4.78 is -0.860. The highest BCUT2D eigenvalue weighted by molar-refractivity contribution is 8.01. The third-order valence-corrected chi connectivity index (χ3v) is 2.30. The van der Waals surface area contributed by atoms with E-state index in [1.807, 2.05) is 6.92 Å². The molecule has 0 atom stereocenters. The molecule has 13 heavy (non-hydrogen) atoms. The Morgan fingerprint density at radius 2 is 1.85 bits per heavy atom. The van der Waals surface area contributed by atoms with Crippen LogP contribution < -0.4 is 5.32 Å².